The first-order valence-electron chi connectivity index (χ1n) is 8.55. The summed E-state index contributed by atoms with van der Waals surface area (Å²) in [5, 5.41) is 2.76. The fourth-order valence-electron chi connectivity index (χ4n) is 2.43. The van der Waals surface area contributed by atoms with Crippen LogP contribution in [0.2, 0.25) is 0 Å². The van der Waals surface area contributed by atoms with E-state index < -0.39 is 5.97 Å². The Morgan fingerprint density at radius 1 is 0.962 bits per heavy atom. The Morgan fingerprint density at radius 2 is 1.62 bits per heavy atom. The molecule has 0 unspecified atom stereocenters. The second kappa shape index (κ2) is 9.51. The van der Waals surface area contributed by atoms with Crippen LogP contribution in [0.4, 0.5) is 0 Å². The van der Waals surface area contributed by atoms with E-state index in [2.05, 4.69) is 5.32 Å². The van der Waals surface area contributed by atoms with Crippen molar-refractivity contribution in [2.45, 2.75) is 32.7 Å². The lowest BCUT2D eigenvalue weighted by Crippen LogP contribution is -2.31. The first-order chi connectivity index (χ1) is 12.5. The molecule has 0 saturated carbocycles. The third-order valence-electron chi connectivity index (χ3n) is 3.97. The molecule has 1 atom stereocenters. The number of hydrogen-bond acceptors (Lipinski definition) is 4. The molecule has 1 N–H and O–H groups in total. The van der Waals surface area contributed by atoms with Crippen LogP contribution in [0, 0.1) is 6.92 Å². The van der Waals surface area contributed by atoms with Crippen LogP contribution in [0.3, 0.4) is 0 Å². The van der Waals surface area contributed by atoms with Gasteiger partial charge in [0.05, 0.1) is 12.5 Å². The van der Waals surface area contributed by atoms with E-state index in [9.17, 15) is 14.4 Å². The number of benzene rings is 2. The van der Waals surface area contributed by atoms with Crippen LogP contribution in [-0.4, -0.2) is 24.3 Å². The van der Waals surface area contributed by atoms with Gasteiger partial charge in [0.1, 0.15) is 0 Å². The number of carbonyl (C=O) groups is 3. The monoisotopic (exact) mass is 353 g/mol. The van der Waals surface area contributed by atoms with Crippen molar-refractivity contribution >= 4 is 17.7 Å². The topological polar surface area (TPSA) is 72.5 Å². The number of ketones is 1. The standard InChI is InChI=1S/C21H23NO4/c1-15-8-10-18(11-9-15)19(23)12-13-21(25)26-14-20(24)22-16(2)17-6-4-3-5-7-17/h3-11,16H,12-14H2,1-2H3,(H,22,24)/t16-/m1/s1. The molecule has 136 valence electrons. The van der Waals surface area contributed by atoms with Gasteiger partial charge in [0, 0.05) is 12.0 Å². The van der Waals surface area contributed by atoms with Crippen molar-refractivity contribution in [1.82, 2.24) is 5.32 Å². The molecule has 0 aliphatic heterocycles. The molecule has 5 heteroatoms. The third-order valence-corrected chi connectivity index (χ3v) is 3.97. The van der Waals surface area contributed by atoms with Crippen LogP contribution in [-0.2, 0) is 14.3 Å². The summed E-state index contributed by atoms with van der Waals surface area (Å²) in [4.78, 5) is 35.6. The van der Waals surface area contributed by atoms with Gasteiger partial charge in [0.15, 0.2) is 12.4 Å². The number of ether oxygens (including phenoxy) is 1. The van der Waals surface area contributed by atoms with E-state index in [1.165, 1.54) is 0 Å². The lowest BCUT2D eigenvalue weighted by atomic mass is 10.1. The van der Waals surface area contributed by atoms with Crippen LogP contribution in [0.25, 0.3) is 0 Å². The van der Waals surface area contributed by atoms with Gasteiger partial charge in [0.25, 0.3) is 5.91 Å². The summed E-state index contributed by atoms with van der Waals surface area (Å²) in [6.07, 6.45) is 0.0121. The van der Waals surface area contributed by atoms with Gasteiger partial charge in [-0.05, 0) is 19.4 Å². The highest BCUT2D eigenvalue weighted by Crippen LogP contribution is 2.11. The highest BCUT2D eigenvalue weighted by atomic mass is 16.5. The Balaban J connectivity index is 1.70. The van der Waals surface area contributed by atoms with E-state index in [0.717, 1.165) is 11.1 Å². The van der Waals surface area contributed by atoms with Crippen molar-refractivity contribution in [3.8, 4) is 0 Å². The molecule has 0 fully saturated rings. The van der Waals surface area contributed by atoms with Crippen molar-refractivity contribution in [2.75, 3.05) is 6.61 Å². The molecule has 2 aromatic carbocycles. The van der Waals surface area contributed by atoms with Gasteiger partial charge in [-0.1, -0.05) is 60.2 Å². The Morgan fingerprint density at radius 3 is 2.27 bits per heavy atom. The second-order valence-electron chi connectivity index (χ2n) is 6.15. The van der Waals surface area contributed by atoms with Crippen LogP contribution >= 0.6 is 0 Å². The first-order valence-corrected chi connectivity index (χ1v) is 8.55. The maximum Gasteiger partial charge on any atom is 0.306 e. The Hall–Kier alpha value is -2.95. The molecule has 1 amide bonds. The molecule has 0 aromatic heterocycles. The number of amides is 1. The number of carbonyl (C=O) groups excluding carboxylic acids is 3. The number of nitrogens with one attached hydrogen (secondary N) is 1. The second-order valence-corrected chi connectivity index (χ2v) is 6.15. The number of aryl methyl sites for hydroxylation is 1. The summed E-state index contributed by atoms with van der Waals surface area (Å²) in [6, 6.07) is 16.5. The van der Waals surface area contributed by atoms with E-state index in [1.807, 2.05) is 56.3 Å². The highest BCUT2D eigenvalue weighted by Gasteiger charge is 2.13. The fraction of sp³-hybridized carbons (Fsp3) is 0.286. The zero-order valence-corrected chi connectivity index (χ0v) is 15.0. The Bertz CT molecular complexity index is 753. The molecule has 26 heavy (non-hydrogen) atoms. The molecule has 5 nitrogen and oxygen atoms in total. The van der Waals surface area contributed by atoms with Crippen LogP contribution in [0.1, 0.15) is 47.3 Å². The van der Waals surface area contributed by atoms with Gasteiger partial charge in [0.2, 0.25) is 0 Å². The maximum atomic E-state index is 12.0. The van der Waals surface area contributed by atoms with Crippen LogP contribution in [0.15, 0.2) is 54.6 Å². The summed E-state index contributed by atoms with van der Waals surface area (Å²) in [6.45, 7) is 3.44. The zero-order valence-electron chi connectivity index (χ0n) is 15.0. The molecule has 0 aliphatic rings. The Labute approximate surface area is 153 Å². The van der Waals surface area contributed by atoms with Crippen molar-refractivity contribution in [3.63, 3.8) is 0 Å². The number of esters is 1. The SMILES string of the molecule is Cc1ccc(C(=O)CCC(=O)OCC(=O)N[C@H](C)c2ccccc2)cc1. The van der Waals surface area contributed by atoms with E-state index in [0.29, 0.717) is 5.56 Å². The van der Waals surface area contributed by atoms with Gasteiger partial charge < -0.3 is 10.1 Å². The normalized spacial score (nSPS) is 11.5. The number of Topliss-reactive ketones (excluding diaryl/α,β-unsaturated/α-hetero) is 1. The third kappa shape index (κ3) is 6.16. The van der Waals surface area contributed by atoms with Crippen LogP contribution in [0.5, 0.6) is 0 Å². The largest absolute Gasteiger partial charge is 0.456 e. The number of rotatable bonds is 8. The van der Waals surface area contributed by atoms with E-state index in [1.54, 1.807) is 12.1 Å². The molecule has 0 aliphatic carbocycles. The van der Waals surface area contributed by atoms with Gasteiger partial charge >= 0.3 is 5.97 Å². The van der Waals surface area contributed by atoms with E-state index in [4.69, 9.17) is 4.74 Å². The molecule has 2 rings (SSSR count). The van der Waals surface area contributed by atoms with E-state index >= 15 is 0 Å². The van der Waals surface area contributed by atoms with Crippen molar-refractivity contribution in [3.05, 3.63) is 71.3 Å². The highest BCUT2D eigenvalue weighted by molar-refractivity contribution is 5.97. The van der Waals surface area contributed by atoms with Gasteiger partial charge in [-0.2, -0.15) is 0 Å². The molecule has 0 spiro atoms. The quantitative estimate of drug-likeness (QED) is 0.583. The molecular weight excluding hydrogens is 330 g/mol. The zero-order chi connectivity index (χ0) is 18.9. The predicted molar refractivity (Wildman–Crippen MR) is 98.7 cm³/mol. The molecule has 2 aromatic rings. The minimum atomic E-state index is -0.562. The average molecular weight is 353 g/mol. The predicted octanol–water partition coefficient (Wildman–Crippen LogP) is 3.38. The fourth-order valence-corrected chi connectivity index (χ4v) is 2.43. The summed E-state index contributed by atoms with van der Waals surface area (Å²) in [5.74, 6) is -1.06. The molecule has 0 bridgehead atoms. The molecule has 0 heterocycles. The summed E-state index contributed by atoms with van der Waals surface area (Å²) in [7, 11) is 0. The minimum Gasteiger partial charge on any atom is -0.456 e. The summed E-state index contributed by atoms with van der Waals surface area (Å²) >= 11 is 0. The van der Waals surface area contributed by atoms with Crippen LogP contribution < -0.4 is 5.32 Å². The average Bonchev–Trinajstić information content (AvgIpc) is 2.65. The van der Waals surface area contributed by atoms with Gasteiger partial charge in [-0.3, -0.25) is 14.4 Å². The molecule has 0 saturated heterocycles. The van der Waals surface area contributed by atoms with Crippen molar-refractivity contribution < 1.29 is 19.1 Å². The summed E-state index contributed by atoms with van der Waals surface area (Å²) in [5.41, 5.74) is 2.60. The molecule has 0 radical (unpaired) electrons. The van der Waals surface area contributed by atoms with Crippen molar-refractivity contribution in [1.29, 1.82) is 0 Å². The maximum absolute atomic E-state index is 12.0. The number of hydrogen-bond donors (Lipinski definition) is 1. The first kappa shape index (κ1) is 19.4. The van der Waals surface area contributed by atoms with Gasteiger partial charge in [-0.15, -0.1) is 0 Å². The van der Waals surface area contributed by atoms with Gasteiger partial charge in [-0.25, -0.2) is 0 Å². The minimum absolute atomic E-state index is 0.0474. The summed E-state index contributed by atoms with van der Waals surface area (Å²) < 4.78 is 4.94. The Kier molecular flexibility index (Phi) is 7.09. The lowest BCUT2D eigenvalue weighted by molar-refractivity contribution is -0.148. The van der Waals surface area contributed by atoms with Crippen molar-refractivity contribution in [2.24, 2.45) is 0 Å². The lowest BCUT2D eigenvalue weighted by Gasteiger charge is -2.14. The molecular formula is C21H23NO4. The van der Waals surface area contributed by atoms with E-state index in [-0.39, 0.29) is 37.2 Å². The smallest absolute Gasteiger partial charge is 0.306 e.